The van der Waals surface area contributed by atoms with Crippen molar-refractivity contribution in [1.29, 1.82) is 0 Å². The maximum Gasteiger partial charge on any atom is 0.0424 e. The fourth-order valence-corrected chi connectivity index (χ4v) is 4.37. The molecule has 0 aliphatic heterocycles. The van der Waals surface area contributed by atoms with Crippen LogP contribution in [0.25, 0.3) is 10.1 Å². The van der Waals surface area contributed by atoms with Crippen molar-refractivity contribution in [2.75, 3.05) is 0 Å². The zero-order chi connectivity index (χ0) is 13.5. The van der Waals surface area contributed by atoms with Gasteiger partial charge in [0.1, 0.15) is 0 Å². The molecular formula is C17H23NS. The van der Waals surface area contributed by atoms with Gasteiger partial charge < -0.3 is 5.73 Å². The molecule has 2 aromatic rings. The Kier molecular flexibility index (Phi) is 3.18. The van der Waals surface area contributed by atoms with Crippen molar-refractivity contribution < 1.29 is 0 Å². The molecule has 0 saturated heterocycles. The van der Waals surface area contributed by atoms with E-state index < -0.39 is 0 Å². The molecule has 1 nitrogen and oxygen atoms in total. The molecule has 1 aromatic carbocycles. The molecule has 102 valence electrons. The van der Waals surface area contributed by atoms with E-state index in [9.17, 15) is 0 Å². The summed E-state index contributed by atoms with van der Waals surface area (Å²) < 4.78 is 1.39. The molecule has 1 saturated carbocycles. The third-order valence-corrected chi connectivity index (χ3v) is 5.70. The highest BCUT2D eigenvalue weighted by atomic mass is 32.1. The fraction of sp³-hybridized carbons (Fsp3) is 0.529. The topological polar surface area (TPSA) is 26.0 Å². The van der Waals surface area contributed by atoms with Crippen molar-refractivity contribution in [2.45, 2.75) is 51.5 Å². The Bertz CT molecular complexity index is 584. The van der Waals surface area contributed by atoms with Crippen LogP contribution < -0.4 is 5.73 Å². The van der Waals surface area contributed by atoms with Crippen LogP contribution >= 0.6 is 11.3 Å². The van der Waals surface area contributed by atoms with E-state index in [-0.39, 0.29) is 5.54 Å². The number of thiophene rings is 1. The van der Waals surface area contributed by atoms with Gasteiger partial charge in [-0.2, -0.15) is 0 Å². The van der Waals surface area contributed by atoms with E-state index >= 15 is 0 Å². The Morgan fingerprint density at radius 2 is 1.89 bits per heavy atom. The second kappa shape index (κ2) is 4.60. The first kappa shape index (κ1) is 13.1. The zero-order valence-corrected chi connectivity index (χ0v) is 12.7. The van der Waals surface area contributed by atoms with Crippen LogP contribution in [0.3, 0.4) is 0 Å². The number of fused-ring (bicyclic) bond motifs is 1. The zero-order valence-electron chi connectivity index (χ0n) is 11.9. The summed E-state index contributed by atoms with van der Waals surface area (Å²) in [5.41, 5.74) is 8.53. The van der Waals surface area contributed by atoms with Gasteiger partial charge in [-0.1, -0.05) is 38.5 Å². The summed E-state index contributed by atoms with van der Waals surface area (Å²) in [7, 11) is 0. The first-order valence-corrected chi connectivity index (χ1v) is 8.14. The second-order valence-corrected chi connectivity index (χ2v) is 7.73. The van der Waals surface area contributed by atoms with E-state index in [1.165, 1.54) is 34.9 Å². The van der Waals surface area contributed by atoms with Gasteiger partial charge >= 0.3 is 0 Å². The summed E-state index contributed by atoms with van der Waals surface area (Å²) in [6.07, 6.45) is 5.99. The number of benzene rings is 1. The maximum absolute atomic E-state index is 6.83. The smallest absolute Gasteiger partial charge is 0.0424 e. The standard InChI is InChI=1S/C17H23NS/c1-16(2)8-4-9-17(18,11-10-16)14-6-3-5-13-7-12-19-15(13)14/h3,5-7,12H,4,8-11,18H2,1-2H3. The monoisotopic (exact) mass is 273 g/mol. The summed E-state index contributed by atoms with van der Waals surface area (Å²) in [5, 5.41) is 3.52. The van der Waals surface area contributed by atoms with E-state index in [1.54, 1.807) is 0 Å². The van der Waals surface area contributed by atoms with E-state index in [1.807, 2.05) is 11.3 Å². The number of rotatable bonds is 1. The first-order chi connectivity index (χ1) is 9.00. The predicted molar refractivity (Wildman–Crippen MR) is 84.6 cm³/mol. The summed E-state index contributed by atoms with van der Waals surface area (Å²) in [4.78, 5) is 0. The summed E-state index contributed by atoms with van der Waals surface area (Å²) in [6.45, 7) is 4.76. The second-order valence-electron chi connectivity index (χ2n) is 6.82. The van der Waals surface area contributed by atoms with Crippen LogP contribution in [0.15, 0.2) is 29.6 Å². The molecule has 1 aromatic heterocycles. The molecule has 0 bridgehead atoms. The lowest BCUT2D eigenvalue weighted by Crippen LogP contribution is -2.36. The van der Waals surface area contributed by atoms with Gasteiger partial charge in [0.25, 0.3) is 0 Å². The fourth-order valence-electron chi connectivity index (χ4n) is 3.35. The molecule has 1 aliphatic carbocycles. The minimum Gasteiger partial charge on any atom is -0.321 e. The van der Waals surface area contributed by atoms with Crippen LogP contribution in [-0.4, -0.2) is 0 Å². The molecule has 0 radical (unpaired) electrons. The summed E-state index contributed by atoms with van der Waals surface area (Å²) >= 11 is 1.83. The molecule has 1 unspecified atom stereocenters. The van der Waals surface area contributed by atoms with E-state index in [0.29, 0.717) is 5.41 Å². The van der Waals surface area contributed by atoms with E-state index in [4.69, 9.17) is 5.73 Å². The molecule has 3 rings (SSSR count). The van der Waals surface area contributed by atoms with Crippen LogP contribution in [0, 0.1) is 5.41 Å². The highest BCUT2D eigenvalue weighted by Gasteiger charge is 2.34. The van der Waals surface area contributed by atoms with Gasteiger partial charge in [0.15, 0.2) is 0 Å². The molecule has 0 spiro atoms. The molecule has 1 aliphatic rings. The van der Waals surface area contributed by atoms with Crippen LogP contribution in [-0.2, 0) is 5.54 Å². The Balaban J connectivity index is 2.02. The van der Waals surface area contributed by atoms with E-state index in [0.717, 1.165) is 12.8 Å². The van der Waals surface area contributed by atoms with Crippen LogP contribution in [0.5, 0.6) is 0 Å². The lowest BCUT2D eigenvalue weighted by atomic mass is 9.81. The molecule has 1 heterocycles. The summed E-state index contributed by atoms with van der Waals surface area (Å²) in [5.74, 6) is 0. The van der Waals surface area contributed by atoms with E-state index in [2.05, 4.69) is 43.5 Å². The lowest BCUT2D eigenvalue weighted by molar-refractivity contribution is 0.300. The molecule has 2 N–H and O–H groups in total. The maximum atomic E-state index is 6.83. The van der Waals surface area contributed by atoms with Gasteiger partial charge in [0.05, 0.1) is 0 Å². The third-order valence-electron chi connectivity index (χ3n) is 4.74. The number of hydrogen-bond acceptors (Lipinski definition) is 2. The van der Waals surface area contributed by atoms with Crippen molar-refractivity contribution in [3.05, 3.63) is 35.2 Å². The predicted octanol–water partition coefficient (Wildman–Crippen LogP) is 5.05. The number of nitrogens with two attached hydrogens (primary N) is 1. The quantitative estimate of drug-likeness (QED) is 0.723. The Labute approximate surface area is 119 Å². The van der Waals surface area contributed by atoms with Gasteiger partial charge in [-0.05, 0) is 53.5 Å². The molecular weight excluding hydrogens is 250 g/mol. The van der Waals surface area contributed by atoms with Crippen LogP contribution in [0.1, 0.15) is 51.5 Å². The van der Waals surface area contributed by atoms with Gasteiger partial charge in [-0.15, -0.1) is 11.3 Å². The minimum atomic E-state index is -0.127. The SMILES string of the molecule is CC1(C)CCCC(N)(c2cccc3ccsc23)CC1. The highest BCUT2D eigenvalue weighted by molar-refractivity contribution is 7.17. The molecule has 19 heavy (non-hydrogen) atoms. The van der Waals surface area contributed by atoms with Gasteiger partial charge in [0, 0.05) is 10.2 Å². The van der Waals surface area contributed by atoms with Crippen molar-refractivity contribution in [3.63, 3.8) is 0 Å². The van der Waals surface area contributed by atoms with Crippen molar-refractivity contribution in [3.8, 4) is 0 Å². The third kappa shape index (κ3) is 2.44. The molecule has 0 amide bonds. The average Bonchev–Trinajstić information content (AvgIpc) is 2.79. The number of hydrogen-bond donors (Lipinski definition) is 1. The van der Waals surface area contributed by atoms with Crippen LogP contribution in [0.2, 0.25) is 0 Å². The van der Waals surface area contributed by atoms with Gasteiger partial charge in [0.2, 0.25) is 0 Å². The Hall–Kier alpha value is -0.860. The first-order valence-electron chi connectivity index (χ1n) is 7.26. The van der Waals surface area contributed by atoms with Crippen molar-refractivity contribution >= 4 is 21.4 Å². The minimum absolute atomic E-state index is 0.127. The van der Waals surface area contributed by atoms with Crippen LogP contribution in [0.4, 0.5) is 0 Å². The highest BCUT2D eigenvalue weighted by Crippen LogP contribution is 2.43. The molecule has 1 fully saturated rings. The average molecular weight is 273 g/mol. The molecule has 1 atom stereocenters. The largest absolute Gasteiger partial charge is 0.321 e. The molecule has 2 heteroatoms. The normalized spacial score (nSPS) is 27.3. The van der Waals surface area contributed by atoms with Crippen molar-refractivity contribution in [2.24, 2.45) is 11.1 Å². The lowest BCUT2D eigenvalue weighted by Gasteiger charge is -2.30. The Morgan fingerprint density at radius 1 is 1.05 bits per heavy atom. The summed E-state index contributed by atoms with van der Waals surface area (Å²) in [6, 6.07) is 8.80. The van der Waals surface area contributed by atoms with Gasteiger partial charge in [-0.3, -0.25) is 0 Å². The van der Waals surface area contributed by atoms with Crippen molar-refractivity contribution in [1.82, 2.24) is 0 Å². The Morgan fingerprint density at radius 3 is 2.74 bits per heavy atom. The van der Waals surface area contributed by atoms with Gasteiger partial charge in [-0.25, -0.2) is 0 Å².